The number of pyridine rings is 3. The largest absolute Gasteiger partial charge is 0.315 e. The van der Waals surface area contributed by atoms with Crippen LogP contribution in [0.1, 0.15) is 58.2 Å². The number of aromatic nitrogens is 3. The number of fused-ring (bicyclic) bond motifs is 3. The fraction of sp³-hybridized carbons (Fsp3) is 0.438. The molecule has 0 bridgehead atoms. The van der Waals surface area contributed by atoms with E-state index < -0.39 is 30.1 Å². The van der Waals surface area contributed by atoms with Crippen molar-refractivity contribution in [3.63, 3.8) is 0 Å². The minimum absolute atomic E-state index is 0. The van der Waals surface area contributed by atoms with Crippen molar-refractivity contribution in [2.45, 2.75) is 93.6 Å². The first-order valence-electron chi connectivity index (χ1n) is 22.7. The maximum absolute atomic E-state index is 13.3. The third-order valence-electron chi connectivity index (χ3n) is 12.6. The average Bonchev–Trinajstić information content (AvgIpc) is 3.52. The number of hydrogen-bond acceptors (Lipinski definition) is 12. The molecule has 6 aromatic rings. The molecule has 3 saturated heterocycles. The van der Waals surface area contributed by atoms with Crippen molar-refractivity contribution in [3.05, 3.63) is 108 Å². The first-order valence-corrected chi connectivity index (χ1v) is 27.0. The highest BCUT2D eigenvalue weighted by Crippen LogP contribution is 2.32. The van der Waals surface area contributed by atoms with Crippen LogP contribution in [0.3, 0.4) is 0 Å². The lowest BCUT2D eigenvalue weighted by Gasteiger charge is -2.33. The number of sulfonamides is 3. The third-order valence-corrected chi connectivity index (χ3v) is 18.7. The van der Waals surface area contributed by atoms with Crippen molar-refractivity contribution in [2.75, 3.05) is 58.9 Å². The van der Waals surface area contributed by atoms with Gasteiger partial charge >= 0.3 is 0 Å². The Morgan fingerprint density at radius 1 is 0.455 bits per heavy atom. The Balaban J connectivity index is 0.000000165. The summed E-state index contributed by atoms with van der Waals surface area (Å²) in [5.74, 6) is 0. The average molecular weight is 960 g/mol. The highest BCUT2D eigenvalue weighted by atomic mass is 32.2. The molecular formula is C48H65N9O6S3. The lowest BCUT2D eigenvalue weighted by Crippen LogP contribution is -2.52. The van der Waals surface area contributed by atoms with Crippen LogP contribution < -0.4 is 16.0 Å². The molecule has 6 heterocycles. The highest BCUT2D eigenvalue weighted by molar-refractivity contribution is 7.90. The van der Waals surface area contributed by atoms with E-state index in [1.807, 2.05) is 59.7 Å². The van der Waals surface area contributed by atoms with Gasteiger partial charge in [-0.2, -0.15) is 12.9 Å². The van der Waals surface area contributed by atoms with Crippen LogP contribution >= 0.6 is 0 Å². The van der Waals surface area contributed by atoms with Gasteiger partial charge in [-0.05, 0) is 109 Å². The molecule has 0 unspecified atom stereocenters. The van der Waals surface area contributed by atoms with E-state index in [2.05, 4.69) is 30.9 Å². The maximum atomic E-state index is 13.3. The quantitative estimate of drug-likeness (QED) is 0.177. The summed E-state index contributed by atoms with van der Waals surface area (Å²) in [6, 6.07) is 16.0. The Bertz CT molecular complexity index is 3000. The molecule has 0 saturated carbocycles. The van der Waals surface area contributed by atoms with E-state index >= 15 is 0 Å². The van der Waals surface area contributed by atoms with E-state index in [1.54, 1.807) is 86.5 Å². The Labute approximate surface area is 392 Å². The molecule has 3 N–H and O–H groups in total. The van der Waals surface area contributed by atoms with Crippen LogP contribution in [-0.2, 0) is 30.1 Å². The van der Waals surface area contributed by atoms with Crippen molar-refractivity contribution < 1.29 is 26.7 Å². The lowest BCUT2D eigenvalue weighted by molar-refractivity contribution is 0.284. The summed E-state index contributed by atoms with van der Waals surface area (Å²) in [6.45, 7) is 17.8. The fourth-order valence-electron chi connectivity index (χ4n) is 9.18. The molecule has 0 spiro atoms. The van der Waals surface area contributed by atoms with Gasteiger partial charge in [-0.1, -0.05) is 36.4 Å². The Morgan fingerprint density at radius 3 is 1.18 bits per heavy atom. The molecule has 3 fully saturated rings. The minimum atomic E-state index is -3.53. The Kier molecular flexibility index (Phi) is 15.9. The van der Waals surface area contributed by atoms with Gasteiger partial charge in [0.15, 0.2) is 0 Å². The second kappa shape index (κ2) is 21.2. The molecule has 66 heavy (non-hydrogen) atoms. The first-order chi connectivity index (χ1) is 31.5. The second-order valence-electron chi connectivity index (χ2n) is 17.5. The number of piperazine rings is 1. The molecule has 3 aromatic heterocycles. The smallest absolute Gasteiger partial charge is 0.244 e. The zero-order valence-electron chi connectivity index (χ0n) is 38.7. The van der Waals surface area contributed by atoms with Crippen LogP contribution in [0.15, 0.2) is 106 Å². The molecule has 3 aromatic carbocycles. The number of nitrogens with one attached hydrogen (secondary N) is 3. The Hall–Kier alpha value is -4.50. The number of rotatable bonds is 6. The SMILES string of the molecule is Cc1cncc2cccc(S(=O)(=O)N3CCCCNC[C@@H]3C)c12.Cc1cncc2cccc(S(=O)(=O)N3CCCNC[C@@H]3C)c12.Cc1cncc2cccc(S(=O)(=O)N3CCNC[C@@H]3C)c12.[HH]. The van der Waals surface area contributed by atoms with Gasteiger partial charge < -0.3 is 16.0 Å². The zero-order chi connectivity index (χ0) is 47.2. The monoisotopic (exact) mass is 959 g/mol. The van der Waals surface area contributed by atoms with Gasteiger partial charge in [-0.15, -0.1) is 0 Å². The molecule has 3 atom stereocenters. The molecule has 3 aliphatic rings. The van der Waals surface area contributed by atoms with E-state index in [9.17, 15) is 25.3 Å². The summed E-state index contributed by atoms with van der Waals surface area (Å²) >= 11 is 0. The number of benzene rings is 3. The van der Waals surface area contributed by atoms with Gasteiger partial charge in [0.05, 0.1) is 14.7 Å². The van der Waals surface area contributed by atoms with E-state index in [1.165, 1.54) is 0 Å². The van der Waals surface area contributed by atoms with Gasteiger partial charge in [-0.3, -0.25) is 15.0 Å². The zero-order valence-corrected chi connectivity index (χ0v) is 41.2. The van der Waals surface area contributed by atoms with E-state index in [0.29, 0.717) is 60.5 Å². The highest BCUT2D eigenvalue weighted by Gasteiger charge is 2.34. The summed E-state index contributed by atoms with van der Waals surface area (Å²) in [4.78, 5) is 13.6. The van der Waals surface area contributed by atoms with Crippen LogP contribution in [0.25, 0.3) is 32.3 Å². The number of hydrogen-bond donors (Lipinski definition) is 3. The van der Waals surface area contributed by atoms with Crippen LogP contribution in [0.4, 0.5) is 0 Å². The summed E-state index contributed by atoms with van der Waals surface area (Å²) < 4.78 is 84.0. The Morgan fingerprint density at radius 2 is 0.788 bits per heavy atom. The first kappa shape index (κ1) is 49.4. The fourth-order valence-corrected chi connectivity index (χ4v) is 15.0. The predicted molar refractivity (Wildman–Crippen MR) is 264 cm³/mol. The van der Waals surface area contributed by atoms with Crippen molar-refractivity contribution in [2.24, 2.45) is 0 Å². The minimum Gasteiger partial charge on any atom is -0.315 e. The van der Waals surface area contributed by atoms with Crippen molar-refractivity contribution in [1.82, 2.24) is 43.8 Å². The molecule has 15 nitrogen and oxygen atoms in total. The maximum Gasteiger partial charge on any atom is 0.244 e. The van der Waals surface area contributed by atoms with Gasteiger partial charge in [0, 0.05) is 135 Å². The summed E-state index contributed by atoms with van der Waals surface area (Å²) in [5.41, 5.74) is 2.66. The molecule has 356 valence electrons. The lowest BCUT2D eigenvalue weighted by atomic mass is 10.1. The van der Waals surface area contributed by atoms with Gasteiger partial charge in [0.2, 0.25) is 30.1 Å². The molecule has 18 heteroatoms. The normalized spacial score (nSPS) is 20.9. The standard InChI is InChI=1S/C17H23N3O2S.C16H21N3O2S.C15H19N3O2S.H2/c1-13-10-19-12-15-6-5-7-16(17(13)15)23(21,22)20-9-4-3-8-18-11-14(20)2;1-12-9-18-11-14-5-3-6-15(16(12)14)22(20,21)19-8-4-7-17-10-13(19)2;1-11-8-17-10-13-4-3-5-14(15(11)13)21(19,20)18-7-6-16-9-12(18)2;/h5-7,10,12,14,18H,3-4,8-9,11H2,1-2H3;3,5-6,9,11,13,17H,4,7-8,10H2,1-2H3;3-5,8,10,12,16H,6-7,9H2,1-2H3;1H/t14-;13-;12-;/m000./s1. The third kappa shape index (κ3) is 10.5. The van der Waals surface area contributed by atoms with Crippen molar-refractivity contribution in [1.29, 1.82) is 0 Å². The van der Waals surface area contributed by atoms with E-state index in [-0.39, 0.29) is 19.6 Å². The molecule has 0 radical (unpaired) electrons. The summed E-state index contributed by atoms with van der Waals surface area (Å²) in [7, 11) is -10.5. The molecule has 3 aliphatic heterocycles. The predicted octanol–water partition coefficient (Wildman–Crippen LogP) is 5.99. The molecule has 0 amide bonds. The molecular weight excluding hydrogens is 895 g/mol. The topological polar surface area (TPSA) is 187 Å². The summed E-state index contributed by atoms with van der Waals surface area (Å²) in [5, 5.41) is 14.8. The van der Waals surface area contributed by atoms with Crippen LogP contribution in [0.5, 0.6) is 0 Å². The summed E-state index contributed by atoms with van der Waals surface area (Å²) in [6.07, 6.45) is 13.0. The molecule has 9 rings (SSSR count). The van der Waals surface area contributed by atoms with Crippen LogP contribution in [0.2, 0.25) is 0 Å². The number of aryl methyl sites for hydroxylation is 3. The van der Waals surface area contributed by atoms with Gasteiger partial charge in [-0.25, -0.2) is 25.3 Å². The van der Waals surface area contributed by atoms with E-state index in [0.717, 1.165) is 81.4 Å². The van der Waals surface area contributed by atoms with Crippen molar-refractivity contribution in [3.8, 4) is 0 Å². The van der Waals surface area contributed by atoms with Crippen LogP contribution in [0, 0.1) is 20.8 Å². The van der Waals surface area contributed by atoms with Gasteiger partial charge in [0.1, 0.15) is 0 Å². The van der Waals surface area contributed by atoms with E-state index in [4.69, 9.17) is 0 Å². The van der Waals surface area contributed by atoms with Crippen LogP contribution in [-0.4, -0.2) is 130 Å². The second-order valence-corrected chi connectivity index (χ2v) is 23.1. The number of nitrogens with zero attached hydrogens (tertiary/aromatic N) is 6. The van der Waals surface area contributed by atoms with Gasteiger partial charge in [0.25, 0.3) is 0 Å². The molecule has 0 aliphatic carbocycles. The van der Waals surface area contributed by atoms with Crippen molar-refractivity contribution >= 4 is 62.4 Å².